The molecule has 0 radical (unpaired) electrons. The van der Waals surface area contributed by atoms with Gasteiger partial charge in [0.25, 0.3) is 5.91 Å². The lowest BCUT2D eigenvalue weighted by Crippen LogP contribution is -2.35. The van der Waals surface area contributed by atoms with Crippen LogP contribution in [0.15, 0.2) is 83.3 Å². The van der Waals surface area contributed by atoms with Gasteiger partial charge in [0.1, 0.15) is 17.9 Å². The molecule has 2 amide bonds. The predicted octanol–water partition coefficient (Wildman–Crippen LogP) is 4.37. The molecule has 9 nitrogen and oxygen atoms in total. The van der Waals surface area contributed by atoms with Gasteiger partial charge in [-0.2, -0.15) is 0 Å². The zero-order valence-electron chi connectivity index (χ0n) is 19.8. The van der Waals surface area contributed by atoms with E-state index in [1.807, 2.05) is 18.2 Å². The lowest BCUT2D eigenvalue weighted by atomic mass is 10.2. The van der Waals surface area contributed by atoms with Crippen LogP contribution in [0.3, 0.4) is 0 Å². The summed E-state index contributed by atoms with van der Waals surface area (Å²) in [6.07, 6.45) is 0. The van der Waals surface area contributed by atoms with Crippen molar-refractivity contribution in [1.82, 2.24) is 5.06 Å². The van der Waals surface area contributed by atoms with Crippen molar-refractivity contribution in [2.45, 2.75) is 0 Å². The fourth-order valence-corrected chi connectivity index (χ4v) is 3.42. The summed E-state index contributed by atoms with van der Waals surface area (Å²) in [6, 6.07) is 22.8. The Labute approximate surface area is 208 Å². The Bertz CT molecular complexity index is 1290. The molecule has 3 aromatic carbocycles. The fourth-order valence-electron chi connectivity index (χ4n) is 3.42. The monoisotopic (exact) mass is 489 g/mol. The van der Waals surface area contributed by atoms with Crippen molar-refractivity contribution >= 4 is 34.2 Å². The van der Waals surface area contributed by atoms with Crippen LogP contribution in [-0.4, -0.2) is 50.4 Å². The molecule has 1 aromatic heterocycles. The van der Waals surface area contributed by atoms with Gasteiger partial charge in [-0.05, 0) is 48.5 Å². The van der Waals surface area contributed by atoms with Gasteiger partial charge in [-0.3, -0.25) is 14.4 Å². The molecule has 3 N–H and O–H groups in total. The van der Waals surface area contributed by atoms with Crippen LogP contribution in [0.5, 0.6) is 5.75 Å². The SMILES string of the molecule is COCCON(CCOc1ccc(C(=O)Nc2ccccc2N)cc1)C(=O)c1cc2ccccc2o1. The number of hydrogen-bond donors (Lipinski definition) is 2. The van der Waals surface area contributed by atoms with Crippen LogP contribution in [-0.2, 0) is 9.57 Å². The van der Waals surface area contributed by atoms with E-state index in [-0.39, 0.29) is 31.4 Å². The lowest BCUT2D eigenvalue weighted by Gasteiger charge is -2.21. The number of carbonyl (C=O) groups is 2. The number of ether oxygens (including phenoxy) is 2. The maximum atomic E-state index is 13.0. The average Bonchev–Trinajstić information content (AvgIpc) is 3.33. The molecule has 0 aliphatic heterocycles. The Morgan fingerprint density at radius 2 is 1.69 bits per heavy atom. The zero-order valence-corrected chi connectivity index (χ0v) is 19.8. The van der Waals surface area contributed by atoms with Crippen LogP contribution < -0.4 is 15.8 Å². The van der Waals surface area contributed by atoms with Gasteiger partial charge in [-0.15, -0.1) is 0 Å². The third kappa shape index (κ3) is 6.21. The maximum Gasteiger partial charge on any atom is 0.313 e. The highest BCUT2D eigenvalue weighted by Gasteiger charge is 2.21. The first-order valence-corrected chi connectivity index (χ1v) is 11.4. The Kier molecular flexibility index (Phi) is 8.17. The lowest BCUT2D eigenvalue weighted by molar-refractivity contribution is -0.138. The molecule has 0 saturated heterocycles. The van der Waals surface area contributed by atoms with Crippen molar-refractivity contribution in [1.29, 1.82) is 0 Å². The third-order valence-corrected chi connectivity index (χ3v) is 5.29. The molecule has 9 heteroatoms. The molecule has 0 aliphatic rings. The number of nitrogens with one attached hydrogen (secondary N) is 1. The summed E-state index contributed by atoms with van der Waals surface area (Å²) in [5.74, 6) is 0.00791. The van der Waals surface area contributed by atoms with Gasteiger partial charge in [0.2, 0.25) is 0 Å². The molecule has 4 rings (SSSR count). The van der Waals surface area contributed by atoms with Gasteiger partial charge in [0.05, 0.1) is 31.1 Å². The number of amides is 2. The third-order valence-electron chi connectivity index (χ3n) is 5.29. The number of hydroxylamine groups is 2. The van der Waals surface area contributed by atoms with E-state index in [2.05, 4.69) is 5.32 Å². The highest BCUT2D eigenvalue weighted by molar-refractivity contribution is 6.05. The molecule has 0 atom stereocenters. The number of carbonyl (C=O) groups excluding carboxylic acids is 2. The summed E-state index contributed by atoms with van der Waals surface area (Å²) >= 11 is 0. The minimum atomic E-state index is -0.418. The van der Waals surface area contributed by atoms with Crippen molar-refractivity contribution in [3.05, 3.63) is 90.2 Å². The number of benzene rings is 3. The maximum absolute atomic E-state index is 13.0. The van der Waals surface area contributed by atoms with E-state index >= 15 is 0 Å². The van der Waals surface area contributed by atoms with E-state index in [0.29, 0.717) is 34.9 Å². The molecule has 4 aromatic rings. The second-order valence-corrected chi connectivity index (χ2v) is 7.80. The number of hydrogen-bond acceptors (Lipinski definition) is 7. The first kappa shape index (κ1) is 24.8. The molecule has 0 spiro atoms. The van der Waals surface area contributed by atoms with Crippen LogP contribution in [0.2, 0.25) is 0 Å². The van der Waals surface area contributed by atoms with Gasteiger partial charge in [0.15, 0.2) is 5.76 Å². The van der Waals surface area contributed by atoms with Crippen molar-refractivity contribution in [3.63, 3.8) is 0 Å². The van der Waals surface area contributed by atoms with Crippen molar-refractivity contribution in [2.24, 2.45) is 0 Å². The summed E-state index contributed by atoms with van der Waals surface area (Å²) in [4.78, 5) is 31.1. The number of fused-ring (bicyclic) bond motifs is 1. The number of para-hydroxylation sites is 3. The molecule has 0 saturated carbocycles. The fraction of sp³-hybridized carbons (Fsp3) is 0.185. The highest BCUT2D eigenvalue weighted by Crippen LogP contribution is 2.21. The highest BCUT2D eigenvalue weighted by atomic mass is 16.7. The van der Waals surface area contributed by atoms with E-state index in [0.717, 1.165) is 5.39 Å². The Balaban J connectivity index is 1.34. The van der Waals surface area contributed by atoms with Crippen molar-refractivity contribution < 1.29 is 28.3 Å². The second kappa shape index (κ2) is 11.9. The van der Waals surface area contributed by atoms with E-state index in [9.17, 15) is 9.59 Å². The zero-order chi connectivity index (χ0) is 25.3. The predicted molar refractivity (Wildman–Crippen MR) is 136 cm³/mol. The van der Waals surface area contributed by atoms with E-state index in [1.165, 1.54) is 5.06 Å². The number of rotatable bonds is 11. The molecular formula is C27H27N3O6. The number of nitrogens with zero attached hydrogens (tertiary/aromatic N) is 1. The van der Waals surface area contributed by atoms with E-state index < -0.39 is 5.91 Å². The van der Waals surface area contributed by atoms with Crippen LogP contribution in [0.4, 0.5) is 11.4 Å². The van der Waals surface area contributed by atoms with Crippen LogP contribution in [0, 0.1) is 0 Å². The Hall–Kier alpha value is -4.34. The van der Waals surface area contributed by atoms with Crippen molar-refractivity contribution in [3.8, 4) is 5.75 Å². The normalized spacial score (nSPS) is 10.8. The Morgan fingerprint density at radius 3 is 2.44 bits per heavy atom. The van der Waals surface area contributed by atoms with E-state index in [4.69, 9.17) is 24.5 Å². The molecule has 0 fully saturated rings. The molecule has 36 heavy (non-hydrogen) atoms. The van der Waals surface area contributed by atoms with Gasteiger partial charge in [-0.25, -0.2) is 5.06 Å². The summed E-state index contributed by atoms with van der Waals surface area (Å²) < 4.78 is 16.5. The largest absolute Gasteiger partial charge is 0.492 e. The number of anilines is 2. The van der Waals surface area contributed by atoms with Crippen molar-refractivity contribution in [2.75, 3.05) is 44.5 Å². The molecular weight excluding hydrogens is 462 g/mol. The first-order chi connectivity index (χ1) is 17.5. The molecule has 0 unspecified atom stereocenters. The average molecular weight is 490 g/mol. The Morgan fingerprint density at radius 1 is 0.944 bits per heavy atom. The minimum absolute atomic E-state index is 0.148. The quantitative estimate of drug-likeness (QED) is 0.183. The molecule has 0 bridgehead atoms. The summed E-state index contributed by atoms with van der Waals surface area (Å²) in [5.41, 5.74) is 7.99. The van der Waals surface area contributed by atoms with Gasteiger partial charge in [0, 0.05) is 18.1 Å². The second-order valence-electron chi connectivity index (χ2n) is 7.80. The first-order valence-electron chi connectivity index (χ1n) is 11.4. The van der Waals surface area contributed by atoms with Crippen LogP contribution in [0.25, 0.3) is 11.0 Å². The summed E-state index contributed by atoms with van der Waals surface area (Å²) in [6.45, 7) is 0.821. The van der Waals surface area contributed by atoms with E-state index in [1.54, 1.807) is 67.8 Å². The number of methoxy groups -OCH3 is 1. The van der Waals surface area contributed by atoms with Gasteiger partial charge >= 0.3 is 5.91 Å². The molecule has 1 heterocycles. The molecule has 0 aliphatic carbocycles. The standard InChI is InChI=1S/C27H27N3O6/c1-33-16-17-35-30(27(32)25-18-20-6-2-5-9-24(20)36-25)14-15-34-21-12-10-19(11-13-21)26(31)29-23-8-4-3-7-22(23)28/h2-13,18H,14-17,28H2,1H3,(H,29,31). The van der Waals surface area contributed by atoms with Gasteiger partial charge < -0.3 is 24.9 Å². The molecule has 186 valence electrons. The topological polar surface area (TPSA) is 116 Å². The minimum Gasteiger partial charge on any atom is -0.492 e. The number of nitrogen functional groups attached to an aromatic ring is 1. The smallest absolute Gasteiger partial charge is 0.313 e. The van der Waals surface area contributed by atoms with Gasteiger partial charge in [-0.1, -0.05) is 30.3 Å². The summed E-state index contributed by atoms with van der Waals surface area (Å²) in [5, 5.41) is 4.81. The van der Waals surface area contributed by atoms with Crippen LogP contribution in [0.1, 0.15) is 20.9 Å². The number of nitrogens with two attached hydrogens (primary N) is 1. The van der Waals surface area contributed by atoms with Crippen LogP contribution >= 0.6 is 0 Å². The number of furan rings is 1. The summed E-state index contributed by atoms with van der Waals surface area (Å²) in [7, 11) is 1.55.